The normalized spacial score (nSPS) is 10.7. The molecule has 6 nitrogen and oxygen atoms in total. The number of ether oxygens (including phenoxy) is 1. The molecule has 134 valence electrons. The number of methoxy groups -OCH3 is 1. The van der Waals surface area contributed by atoms with Crippen LogP contribution in [0.5, 0.6) is 0 Å². The van der Waals surface area contributed by atoms with Gasteiger partial charge in [-0.05, 0) is 42.8 Å². The van der Waals surface area contributed by atoms with E-state index in [0.29, 0.717) is 34.7 Å². The molecule has 3 rings (SSSR count). The molecule has 0 saturated heterocycles. The number of carbonyl (C=O) groups excluding carboxylic acids is 2. The number of nitrogens with zero attached hydrogens (tertiary/aromatic N) is 2. The van der Waals surface area contributed by atoms with E-state index in [9.17, 15) is 14.0 Å². The quantitative estimate of drug-likeness (QED) is 0.712. The summed E-state index contributed by atoms with van der Waals surface area (Å²) >= 11 is 0. The van der Waals surface area contributed by atoms with Crippen molar-refractivity contribution in [3.63, 3.8) is 0 Å². The van der Waals surface area contributed by atoms with Gasteiger partial charge in [0.05, 0.1) is 18.4 Å². The van der Waals surface area contributed by atoms with E-state index in [-0.39, 0.29) is 0 Å². The molecule has 0 atom stereocenters. The Bertz CT molecular complexity index is 964. The zero-order chi connectivity index (χ0) is 18.7. The summed E-state index contributed by atoms with van der Waals surface area (Å²) in [5, 5.41) is 2.76. The Kier molecular flexibility index (Phi) is 4.97. The molecule has 0 fully saturated rings. The van der Waals surface area contributed by atoms with Gasteiger partial charge in [-0.15, -0.1) is 0 Å². The van der Waals surface area contributed by atoms with Crippen LogP contribution in [0, 0.1) is 5.82 Å². The Morgan fingerprint density at radius 1 is 1.19 bits per heavy atom. The third kappa shape index (κ3) is 3.42. The SMILES string of the molecule is CCCc1nc2ccc(F)cn2c1C(=O)Nc1ccc(C(=O)OC)cc1. The second-order valence-corrected chi connectivity index (χ2v) is 5.76. The van der Waals surface area contributed by atoms with Crippen molar-refractivity contribution in [2.45, 2.75) is 19.8 Å². The summed E-state index contributed by atoms with van der Waals surface area (Å²) < 4.78 is 19.7. The first-order valence-electron chi connectivity index (χ1n) is 8.19. The van der Waals surface area contributed by atoms with E-state index in [4.69, 9.17) is 0 Å². The average molecular weight is 355 g/mol. The number of rotatable bonds is 5. The van der Waals surface area contributed by atoms with E-state index in [2.05, 4.69) is 15.0 Å². The number of hydrogen-bond acceptors (Lipinski definition) is 4. The molecular weight excluding hydrogens is 337 g/mol. The second kappa shape index (κ2) is 7.35. The van der Waals surface area contributed by atoms with Gasteiger partial charge in [-0.1, -0.05) is 13.3 Å². The van der Waals surface area contributed by atoms with Gasteiger partial charge in [0.2, 0.25) is 0 Å². The third-order valence-corrected chi connectivity index (χ3v) is 3.92. The summed E-state index contributed by atoms with van der Waals surface area (Å²) in [5.41, 5.74) is 2.33. The first-order valence-corrected chi connectivity index (χ1v) is 8.19. The highest BCUT2D eigenvalue weighted by molar-refractivity contribution is 6.04. The topological polar surface area (TPSA) is 72.7 Å². The summed E-state index contributed by atoms with van der Waals surface area (Å²) in [6.45, 7) is 1.98. The highest BCUT2D eigenvalue weighted by Crippen LogP contribution is 2.18. The van der Waals surface area contributed by atoms with Crippen LogP contribution >= 0.6 is 0 Å². The number of pyridine rings is 1. The minimum absolute atomic E-state index is 0.304. The van der Waals surface area contributed by atoms with E-state index in [0.717, 1.165) is 6.42 Å². The van der Waals surface area contributed by atoms with Crippen LogP contribution in [0.25, 0.3) is 5.65 Å². The molecule has 2 aromatic heterocycles. The number of halogens is 1. The van der Waals surface area contributed by atoms with E-state index >= 15 is 0 Å². The van der Waals surface area contributed by atoms with Gasteiger partial charge < -0.3 is 10.1 Å². The van der Waals surface area contributed by atoms with Gasteiger partial charge in [-0.25, -0.2) is 14.2 Å². The first-order chi connectivity index (χ1) is 12.5. The van der Waals surface area contributed by atoms with Gasteiger partial charge in [0.15, 0.2) is 0 Å². The highest BCUT2D eigenvalue weighted by Gasteiger charge is 2.19. The van der Waals surface area contributed by atoms with Gasteiger partial charge in [0.1, 0.15) is 17.2 Å². The van der Waals surface area contributed by atoms with Crippen LogP contribution in [0.1, 0.15) is 39.9 Å². The van der Waals surface area contributed by atoms with Gasteiger partial charge >= 0.3 is 5.97 Å². The molecule has 3 aromatic rings. The Hall–Kier alpha value is -3.22. The summed E-state index contributed by atoms with van der Waals surface area (Å²) in [6.07, 6.45) is 2.66. The lowest BCUT2D eigenvalue weighted by molar-refractivity contribution is 0.0600. The molecule has 0 aliphatic heterocycles. The Morgan fingerprint density at radius 2 is 1.92 bits per heavy atom. The Morgan fingerprint density at radius 3 is 2.58 bits per heavy atom. The van der Waals surface area contributed by atoms with Crippen LogP contribution in [-0.2, 0) is 11.2 Å². The summed E-state index contributed by atoms with van der Waals surface area (Å²) in [6, 6.07) is 9.17. The smallest absolute Gasteiger partial charge is 0.337 e. The molecule has 26 heavy (non-hydrogen) atoms. The maximum absolute atomic E-state index is 13.6. The second-order valence-electron chi connectivity index (χ2n) is 5.76. The van der Waals surface area contributed by atoms with Crippen molar-refractivity contribution >= 4 is 23.2 Å². The van der Waals surface area contributed by atoms with E-state index in [1.54, 1.807) is 24.3 Å². The zero-order valence-electron chi connectivity index (χ0n) is 14.5. The fraction of sp³-hybridized carbons (Fsp3) is 0.211. The third-order valence-electron chi connectivity index (χ3n) is 3.92. The molecule has 1 amide bonds. The molecule has 0 bridgehead atoms. The molecule has 0 saturated carbocycles. The van der Waals surface area contributed by atoms with Crippen LogP contribution < -0.4 is 5.32 Å². The average Bonchev–Trinajstić information content (AvgIpc) is 2.99. The van der Waals surface area contributed by atoms with Crippen molar-refractivity contribution in [2.75, 3.05) is 12.4 Å². The lowest BCUT2D eigenvalue weighted by atomic mass is 10.2. The summed E-state index contributed by atoms with van der Waals surface area (Å²) in [4.78, 5) is 28.7. The standard InChI is InChI=1S/C19H18FN3O3/c1-3-4-15-17(23-11-13(20)7-10-16(23)22-15)18(24)21-14-8-5-12(6-9-14)19(25)26-2/h5-11H,3-4H2,1-2H3,(H,21,24). The number of imidazole rings is 1. The Labute approximate surface area is 149 Å². The van der Waals surface area contributed by atoms with Crippen molar-refractivity contribution in [2.24, 2.45) is 0 Å². The molecule has 2 heterocycles. The van der Waals surface area contributed by atoms with E-state index in [1.165, 1.54) is 29.8 Å². The number of aromatic nitrogens is 2. The predicted octanol–water partition coefficient (Wildman–Crippen LogP) is 3.46. The minimum atomic E-state index is -0.453. The van der Waals surface area contributed by atoms with Crippen molar-refractivity contribution < 1.29 is 18.7 Å². The van der Waals surface area contributed by atoms with Crippen molar-refractivity contribution in [1.29, 1.82) is 0 Å². The van der Waals surface area contributed by atoms with Crippen LogP contribution in [0.4, 0.5) is 10.1 Å². The number of nitrogens with one attached hydrogen (secondary N) is 1. The number of amides is 1. The minimum Gasteiger partial charge on any atom is -0.465 e. The molecule has 0 spiro atoms. The maximum Gasteiger partial charge on any atom is 0.337 e. The molecule has 7 heteroatoms. The van der Waals surface area contributed by atoms with Crippen molar-refractivity contribution in [3.05, 3.63) is 65.4 Å². The number of anilines is 1. The van der Waals surface area contributed by atoms with Crippen LogP contribution in [0.2, 0.25) is 0 Å². The Balaban J connectivity index is 1.93. The van der Waals surface area contributed by atoms with Gasteiger partial charge in [-0.2, -0.15) is 0 Å². The van der Waals surface area contributed by atoms with Gasteiger partial charge in [0, 0.05) is 11.9 Å². The number of hydrogen-bond donors (Lipinski definition) is 1. The summed E-state index contributed by atoms with van der Waals surface area (Å²) in [5.74, 6) is -1.29. The van der Waals surface area contributed by atoms with Gasteiger partial charge in [0.25, 0.3) is 5.91 Å². The number of carbonyl (C=O) groups is 2. The van der Waals surface area contributed by atoms with Crippen LogP contribution in [0.15, 0.2) is 42.6 Å². The van der Waals surface area contributed by atoms with Crippen molar-refractivity contribution in [1.82, 2.24) is 9.38 Å². The first kappa shape index (κ1) is 17.6. The molecular formula is C19H18FN3O3. The molecule has 1 N–H and O–H groups in total. The predicted molar refractivity (Wildman–Crippen MR) is 94.9 cm³/mol. The van der Waals surface area contributed by atoms with Crippen molar-refractivity contribution in [3.8, 4) is 0 Å². The maximum atomic E-state index is 13.6. The number of fused-ring (bicyclic) bond motifs is 1. The number of benzene rings is 1. The molecule has 1 aromatic carbocycles. The largest absolute Gasteiger partial charge is 0.465 e. The number of esters is 1. The van der Waals surface area contributed by atoms with Crippen LogP contribution in [-0.4, -0.2) is 28.4 Å². The van der Waals surface area contributed by atoms with E-state index < -0.39 is 17.7 Å². The molecule has 0 radical (unpaired) electrons. The molecule has 0 aliphatic rings. The lowest BCUT2D eigenvalue weighted by Gasteiger charge is -2.08. The highest BCUT2D eigenvalue weighted by atomic mass is 19.1. The number of aryl methyl sites for hydroxylation is 1. The molecule has 0 unspecified atom stereocenters. The van der Waals surface area contributed by atoms with E-state index in [1.807, 2.05) is 6.92 Å². The van der Waals surface area contributed by atoms with Crippen LogP contribution in [0.3, 0.4) is 0 Å². The monoisotopic (exact) mass is 355 g/mol. The summed E-state index contributed by atoms with van der Waals surface area (Å²) in [7, 11) is 1.30. The molecule has 0 aliphatic carbocycles. The zero-order valence-corrected chi connectivity index (χ0v) is 14.5. The fourth-order valence-electron chi connectivity index (χ4n) is 2.72. The van der Waals surface area contributed by atoms with Gasteiger partial charge in [-0.3, -0.25) is 9.20 Å². The fourth-order valence-corrected chi connectivity index (χ4v) is 2.72. The lowest BCUT2D eigenvalue weighted by Crippen LogP contribution is -2.16.